The second-order valence-electron chi connectivity index (χ2n) is 4.99. The van der Waals surface area contributed by atoms with Crippen molar-refractivity contribution in [3.05, 3.63) is 58.8 Å². The Morgan fingerprint density at radius 1 is 1.27 bits per heavy atom. The molecule has 0 spiro atoms. The molecule has 1 aliphatic rings. The van der Waals surface area contributed by atoms with E-state index in [1.54, 1.807) is 11.8 Å². The van der Waals surface area contributed by atoms with E-state index in [1.807, 2.05) is 18.2 Å². The number of thioether (sulfide) groups is 1. The van der Waals surface area contributed by atoms with Gasteiger partial charge in [0, 0.05) is 16.3 Å². The highest BCUT2D eigenvalue weighted by Gasteiger charge is 2.19. The summed E-state index contributed by atoms with van der Waals surface area (Å²) in [4.78, 5) is 15.6. The van der Waals surface area contributed by atoms with Crippen LogP contribution in [0.15, 0.2) is 47.4 Å². The van der Waals surface area contributed by atoms with E-state index >= 15 is 0 Å². The molecule has 1 aromatic rings. The molecule has 1 aromatic carbocycles. The predicted octanol–water partition coefficient (Wildman–Crippen LogP) is 3.41. The smallest absolute Gasteiger partial charge is 0.252 e. The highest BCUT2D eigenvalue weighted by Crippen LogP contribution is 2.25. The first-order valence-corrected chi connectivity index (χ1v) is 8.42. The maximum absolute atomic E-state index is 12.9. The number of carbonyl (C=O) groups is 1. The van der Waals surface area contributed by atoms with Gasteiger partial charge in [0.15, 0.2) is 0 Å². The molecule has 0 fully saturated rings. The third-order valence-electron chi connectivity index (χ3n) is 3.57. The molecular formula is C17H21FN2OS. The molecule has 0 bridgehead atoms. The lowest BCUT2D eigenvalue weighted by Gasteiger charge is -2.20. The fraction of sp³-hybridized carbons (Fsp3) is 0.353. The van der Waals surface area contributed by atoms with Gasteiger partial charge in [0.25, 0.3) is 5.91 Å². The van der Waals surface area contributed by atoms with Crippen molar-refractivity contribution in [3.8, 4) is 0 Å². The third-order valence-corrected chi connectivity index (χ3v) is 4.79. The van der Waals surface area contributed by atoms with Crippen LogP contribution in [0, 0.1) is 5.82 Å². The molecule has 0 saturated heterocycles. The molecule has 0 radical (unpaired) electrons. The Labute approximate surface area is 135 Å². The van der Waals surface area contributed by atoms with Crippen LogP contribution in [-0.4, -0.2) is 35.8 Å². The number of allylic oxidation sites excluding steroid dienone is 2. The number of halogens is 1. The van der Waals surface area contributed by atoms with Gasteiger partial charge in [0.05, 0.1) is 6.04 Å². The number of amides is 1. The lowest BCUT2D eigenvalue weighted by Crippen LogP contribution is -2.33. The highest BCUT2D eigenvalue weighted by atomic mass is 32.2. The van der Waals surface area contributed by atoms with E-state index in [-0.39, 0.29) is 17.8 Å². The van der Waals surface area contributed by atoms with Crippen LogP contribution >= 0.6 is 11.8 Å². The van der Waals surface area contributed by atoms with Crippen LogP contribution in [0.2, 0.25) is 0 Å². The van der Waals surface area contributed by atoms with Crippen LogP contribution in [0.4, 0.5) is 4.39 Å². The van der Waals surface area contributed by atoms with E-state index in [2.05, 4.69) is 24.1 Å². The molecule has 22 heavy (non-hydrogen) atoms. The summed E-state index contributed by atoms with van der Waals surface area (Å²) in [5.74, 6) is 0.377. The fourth-order valence-electron chi connectivity index (χ4n) is 2.11. The molecule has 1 amide bonds. The number of nitrogens with one attached hydrogen (secondary N) is 1. The Morgan fingerprint density at radius 3 is 2.59 bits per heavy atom. The molecule has 0 heterocycles. The number of nitrogens with zero attached hydrogens (tertiary/aromatic N) is 1. The van der Waals surface area contributed by atoms with Gasteiger partial charge in [-0.05, 0) is 37.4 Å². The van der Waals surface area contributed by atoms with Gasteiger partial charge in [0.1, 0.15) is 5.82 Å². The summed E-state index contributed by atoms with van der Waals surface area (Å²) in [5, 5.41) is 2.97. The normalized spacial score (nSPS) is 16.9. The topological polar surface area (TPSA) is 32.3 Å². The van der Waals surface area contributed by atoms with Crippen molar-refractivity contribution in [3.63, 3.8) is 0 Å². The first-order chi connectivity index (χ1) is 10.6. The average Bonchev–Trinajstić information content (AvgIpc) is 2.96. The van der Waals surface area contributed by atoms with Crippen LogP contribution < -0.4 is 5.32 Å². The molecule has 0 saturated carbocycles. The highest BCUT2D eigenvalue weighted by molar-refractivity contribution is 8.03. The number of benzene rings is 1. The molecule has 5 heteroatoms. The van der Waals surface area contributed by atoms with Crippen molar-refractivity contribution in [1.29, 1.82) is 0 Å². The number of hydrogen-bond acceptors (Lipinski definition) is 3. The van der Waals surface area contributed by atoms with Crippen molar-refractivity contribution in [2.24, 2.45) is 0 Å². The number of hydrogen-bond donors (Lipinski definition) is 1. The summed E-state index contributed by atoms with van der Waals surface area (Å²) in [7, 11) is 0. The van der Waals surface area contributed by atoms with E-state index in [4.69, 9.17) is 0 Å². The van der Waals surface area contributed by atoms with Crippen LogP contribution in [0.5, 0.6) is 0 Å². The largest absolute Gasteiger partial charge is 0.341 e. The van der Waals surface area contributed by atoms with Gasteiger partial charge in [-0.2, -0.15) is 0 Å². The zero-order valence-electron chi connectivity index (χ0n) is 12.9. The molecule has 118 valence electrons. The minimum Gasteiger partial charge on any atom is -0.341 e. The van der Waals surface area contributed by atoms with Gasteiger partial charge in [-0.25, -0.2) is 4.39 Å². The second kappa shape index (κ2) is 8.15. The van der Waals surface area contributed by atoms with Crippen LogP contribution in [0.1, 0.15) is 24.2 Å². The Bertz CT molecular complexity index is 565. The minimum absolute atomic E-state index is 0.0990. The van der Waals surface area contributed by atoms with Crippen LogP contribution in [0.3, 0.4) is 0 Å². The quantitative estimate of drug-likeness (QED) is 0.782. The Hall–Kier alpha value is -1.59. The summed E-state index contributed by atoms with van der Waals surface area (Å²) in [5.41, 5.74) is 0.467. The maximum Gasteiger partial charge on any atom is 0.252 e. The van der Waals surface area contributed by atoms with E-state index in [1.165, 1.54) is 24.3 Å². The molecule has 1 atom stereocenters. The van der Waals surface area contributed by atoms with Gasteiger partial charge < -0.3 is 5.32 Å². The zero-order chi connectivity index (χ0) is 15.9. The summed E-state index contributed by atoms with van der Waals surface area (Å²) in [6.45, 7) is 6.30. The molecule has 3 nitrogen and oxygen atoms in total. The van der Waals surface area contributed by atoms with Gasteiger partial charge in [-0.15, -0.1) is 11.8 Å². The first kappa shape index (κ1) is 16.8. The maximum atomic E-state index is 12.9. The SMILES string of the molecule is CCN(CC)CSC1=CC=CC1NC(=O)c1ccc(F)cc1. The molecule has 1 N–H and O–H groups in total. The van der Waals surface area contributed by atoms with Crippen molar-refractivity contribution in [2.45, 2.75) is 19.9 Å². The number of rotatable bonds is 7. The molecule has 1 unspecified atom stereocenters. The summed E-state index contributed by atoms with van der Waals surface area (Å²) < 4.78 is 12.9. The number of carbonyl (C=O) groups excluding carboxylic acids is 1. The van der Waals surface area contributed by atoms with Gasteiger partial charge in [-0.3, -0.25) is 9.69 Å². The van der Waals surface area contributed by atoms with Gasteiger partial charge >= 0.3 is 0 Å². The minimum atomic E-state index is -0.340. The Kier molecular flexibility index (Phi) is 6.21. The standard InChI is InChI=1S/C17H21FN2OS/c1-3-20(4-2)12-22-16-7-5-6-15(16)19-17(21)13-8-10-14(18)11-9-13/h5-11,15H,3-4,12H2,1-2H3,(H,19,21). The molecule has 0 aliphatic heterocycles. The molecule has 0 aromatic heterocycles. The lowest BCUT2D eigenvalue weighted by atomic mass is 10.2. The van der Waals surface area contributed by atoms with Gasteiger partial charge in [0.2, 0.25) is 0 Å². The Balaban J connectivity index is 1.91. The zero-order valence-corrected chi connectivity index (χ0v) is 13.7. The van der Waals surface area contributed by atoms with Crippen LogP contribution in [-0.2, 0) is 0 Å². The molecule has 2 rings (SSSR count). The third kappa shape index (κ3) is 4.45. The van der Waals surface area contributed by atoms with E-state index in [9.17, 15) is 9.18 Å². The first-order valence-electron chi connectivity index (χ1n) is 7.44. The monoisotopic (exact) mass is 320 g/mol. The Morgan fingerprint density at radius 2 is 1.95 bits per heavy atom. The van der Waals surface area contributed by atoms with Crippen LogP contribution in [0.25, 0.3) is 0 Å². The fourth-order valence-corrected chi connectivity index (χ4v) is 3.30. The predicted molar refractivity (Wildman–Crippen MR) is 90.3 cm³/mol. The van der Waals surface area contributed by atoms with E-state index < -0.39 is 0 Å². The second-order valence-corrected chi connectivity index (χ2v) is 6.01. The summed E-state index contributed by atoms with van der Waals surface area (Å²) >= 11 is 1.74. The van der Waals surface area contributed by atoms with Crippen molar-refractivity contribution < 1.29 is 9.18 Å². The lowest BCUT2D eigenvalue weighted by molar-refractivity contribution is 0.0950. The summed E-state index contributed by atoms with van der Waals surface area (Å²) in [6, 6.07) is 5.49. The van der Waals surface area contributed by atoms with E-state index in [0.717, 1.165) is 23.9 Å². The van der Waals surface area contributed by atoms with Gasteiger partial charge in [-0.1, -0.05) is 32.1 Å². The van der Waals surface area contributed by atoms with E-state index in [0.29, 0.717) is 5.56 Å². The van der Waals surface area contributed by atoms with Crippen molar-refractivity contribution in [1.82, 2.24) is 10.2 Å². The molecular weight excluding hydrogens is 299 g/mol. The van der Waals surface area contributed by atoms with Crippen molar-refractivity contribution in [2.75, 3.05) is 19.0 Å². The molecule has 1 aliphatic carbocycles. The van der Waals surface area contributed by atoms with Crippen molar-refractivity contribution >= 4 is 17.7 Å². The summed E-state index contributed by atoms with van der Waals surface area (Å²) in [6.07, 6.45) is 5.95. The average molecular weight is 320 g/mol.